The highest BCUT2D eigenvalue weighted by molar-refractivity contribution is 5.99. The van der Waals surface area contributed by atoms with Crippen LogP contribution in [0, 0.1) is 11.6 Å². The number of hydrogen-bond acceptors (Lipinski definition) is 3. The maximum atomic E-state index is 13.1. The standard InChI is InChI=1S/C13H16F2N2O2/c14-10-6-9(12(16)7-11(10)15)13(18)17-4-3-8-2-1-5-19-8/h6-8H,1-5,16H2,(H,17,18). The monoisotopic (exact) mass is 270 g/mol. The van der Waals surface area contributed by atoms with Gasteiger partial charge in [-0.25, -0.2) is 8.78 Å². The molecule has 1 heterocycles. The van der Waals surface area contributed by atoms with Crippen LogP contribution >= 0.6 is 0 Å². The van der Waals surface area contributed by atoms with Crippen LogP contribution in [0.3, 0.4) is 0 Å². The Kier molecular flexibility index (Phi) is 4.31. The molecule has 1 unspecified atom stereocenters. The minimum Gasteiger partial charge on any atom is -0.398 e. The Morgan fingerprint density at radius 3 is 2.84 bits per heavy atom. The molecule has 0 saturated carbocycles. The molecule has 1 aromatic rings. The molecular weight excluding hydrogens is 254 g/mol. The number of nitrogens with one attached hydrogen (secondary N) is 1. The summed E-state index contributed by atoms with van der Waals surface area (Å²) in [4.78, 5) is 11.8. The van der Waals surface area contributed by atoms with E-state index >= 15 is 0 Å². The van der Waals surface area contributed by atoms with Gasteiger partial charge in [-0.1, -0.05) is 0 Å². The molecular formula is C13H16F2N2O2. The highest BCUT2D eigenvalue weighted by Crippen LogP contribution is 2.17. The average Bonchev–Trinajstić information content (AvgIpc) is 2.86. The van der Waals surface area contributed by atoms with Crippen LogP contribution in [-0.2, 0) is 4.74 Å². The van der Waals surface area contributed by atoms with Crippen LogP contribution in [0.2, 0.25) is 0 Å². The van der Waals surface area contributed by atoms with Crippen molar-refractivity contribution < 1.29 is 18.3 Å². The van der Waals surface area contributed by atoms with E-state index in [2.05, 4.69) is 5.32 Å². The predicted octanol–water partition coefficient (Wildman–Crippen LogP) is 1.85. The van der Waals surface area contributed by atoms with E-state index < -0.39 is 17.5 Å². The number of ether oxygens (including phenoxy) is 1. The fourth-order valence-corrected chi connectivity index (χ4v) is 2.07. The first-order chi connectivity index (χ1) is 9.08. The van der Waals surface area contributed by atoms with Crippen LogP contribution < -0.4 is 11.1 Å². The maximum absolute atomic E-state index is 13.1. The number of nitrogen functional groups attached to an aromatic ring is 1. The van der Waals surface area contributed by atoms with E-state index in [1.54, 1.807) is 0 Å². The zero-order valence-corrected chi connectivity index (χ0v) is 10.4. The van der Waals surface area contributed by atoms with E-state index in [4.69, 9.17) is 10.5 Å². The summed E-state index contributed by atoms with van der Waals surface area (Å²) in [6.07, 6.45) is 2.90. The second kappa shape index (κ2) is 5.97. The summed E-state index contributed by atoms with van der Waals surface area (Å²) in [7, 11) is 0. The highest BCUT2D eigenvalue weighted by atomic mass is 19.2. The van der Waals surface area contributed by atoms with Gasteiger partial charge in [0.1, 0.15) is 0 Å². The first-order valence-electron chi connectivity index (χ1n) is 6.22. The summed E-state index contributed by atoms with van der Waals surface area (Å²) >= 11 is 0. The average molecular weight is 270 g/mol. The summed E-state index contributed by atoms with van der Waals surface area (Å²) in [5.41, 5.74) is 5.37. The Labute approximate surface area is 109 Å². The molecule has 1 aromatic carbocycles. The first-order valence-corrected chi connectivity index (χ1v) is 6.22. The third-order valence-electron chi connectivity index (χ3n) is 3.11. The molecule has 6 heteroatoms. The Bertz CT molecular complexity index is 474. The first kappa shape index (κ1) is 13.7. The zero-order chi connectivity index (χ0) is 13.8. The van der Waals surface area contributed by atoms with Crippen molar-refractivity contribution in [2.24, 2.45) is 0 Å². The maximum Gasteiger partial charge on any atom is 0.253 e. The molecule has 1 aliphatic rings. The topological polar surface area (TPSA) is 64.4 Å². The summed E-state index contributed by atoms with van der Waals surface area (Å²) < 4.78 is 31.3. The lowest BCUT2D eigenvalue weighted by atomic mass is 10.1. The molecule has 3 N–H and O–H groups in total. The molecule has 1 saturated heterocycles. The van der Waals surface area contributed by atoms with Gasteiger partial charge >= 0.3 is 0 Å². The Balaban J connectivity index is 1.90. The Morgan fingerprint density at radius 2 is 2.16 bits per heavy atom. The van der Waals surface area contributed by atoms with Gasteiger partial charge in [-0.15, -0.1) is 0 Å². The molecule has 1 atom stereocenters. The lowest BCUT2D eigenvalue weighted by Gasteiger charge is -2.11. The van der Waals surface area contributed by atoms with Crippen LogP contribution in [0.4, 0.5) is 14.5 Å². The molecule has 0 aliphatic carbocycles. The van der Waals surface area contributed by atoms with E-state index in [0.29, 0.717) is 13.0 Å². The van der Waals surface area contributed by atoms with Gasteiger partial charge in [-0.05, 0) is 25.3 Å². The molecule has 1 amide bonds. The van der Waals surface area contributed by atoms with Crippen molar-refractivity contribution in [3.05, 3.63) is 29.3 Å². The lowest BCUT2D eigenvalue weighted by Crippen LogP contribution is -2.28. The van der Waals surface area contributed by atoms with Crippen molar-refractivity contribution in [1.29, 1.82) is 0 Å². The van der Waals surface area contributed by atoms with Crippen LogP contribution in [0.1, 0.15) is 29.6 Å². The van der Waals surface area contributed by atoms with Crippen LogP contribution in [0.25, 0.3) is 0 Å². The molecule has 4 nitrogen and oxygen atoms in total. The minimum absolute atomic E-state index is 0.0498. The second-order valence-corrected chi connectivity index (χ2v) is 4.53. The SMILES string of the molecule is Nc1cc(F)c(F)cc1C(=O)NCCC1CCCO1. The van der Waals surface area contributed by atoms with E-state index in [1.807, 2.05) is 0 Å². The highest BCUT2D eigenvalue weighted by Gasteiger charge is 2.17. The van der Waals surface area contributed by atoms with Gasteiger partial charge < -0.3 is 15.8 Å². The van der Waals surface area contributed by atoms with Gasteiger partial charge in [0.05, 0.1) is 11.7 Å². The lowest BCUT2D eigenvalue weighted by molar-refractivity contribution is 0.0907. The number of nitrogens with two attached hydrogens (primary N) is 1. The second-order valence-electron chi connectivity index (χ2n) is 4.53. The summed E-state index contributed by atoms with van der Waals surface area (Å²) in [6, 6.07) is 1.62. The van der Waals surface area contributed by atoms with E-state index in [-0.39, 0.29) is 17.4 Å². The molecule has 104 valence electrons. The van der Waals surface area contributed by atoms with Crippen molar-refractivity contribution in [1.82, 2.24) is 5.32 Å². The van der Waals surface area contributed by atoms with Crippen molar-refractivity contribution >= 4 is 11.6 Å². The van der Waals surface area contributed by atoms with Crippen molar-refractivity contribution in [3.63, 3.8) is 0 Å². The van der Waals surface area contributed by atoms with E-state index in [0.717, 1.165) is 31.6 Å². The molecule has 0 spiro atoms. The molecule has 0 radical (unpaired) electrons. The fraction of sp³-hybridized carbons (Fsp3) is 0.462. The van der Waals surface area contributed by atoms with Gasteiger partial charge in [0.15, 0.2) is 11.6 Å². The van der Waals surface area contributed by atoms with E-state index in [1.165, 1.54) is 0 Å². The predicted molar refractivity (Wildman–Crippen MR) is 66.7 cm³/mol. The summed E-state index contributed by atoms with van der Waals surface area (Å²) in [5, 5.41) is 2.63. The van der Waals surface area contributed by atoms with Gasteiger partial charge in [0.2, 0.25) is 0 Å². The number of amides is 1. The molecule has 2 rings (SSSR count). The summed E-state index contributed by atoms with van der Waals surface area (Å²) in [6.45, 7) is 1.18. The molecule has 0 aromatic heterocycles. The molecule has 19 heavy (non-hydrogen) atoms. The van der Waals surface area contributed by atoms with Gasteiger partial charge in [0.25, 0.3) is 5.91 Å². The molecule has 1 aliphatic heterocycles. The third kappa shape index (κ3) is 3.41. The smallest absolute Gasteiger partial charge is 0.253 e. The van der Waals surface area contributed by atoms with Gasteiger partial charge in [0, 0.05) is 24.9 Å². The minimum atomic E-state index is -1.08. The molecule has 0 bridgehead atoms. The quantitative estimate of drug-likeness (QED) is 0.821. The number of halogens is 2. The number of anilines is 1. The van der Waals surface area contributed by atoms with Crippen molar-refractivity contribution in [2.45, 2.75) is 25.4 Å². The number of rotatable bonds is 4. The number of benzene rings is 1. The van der Waals surface area contributed by atoms with Crippen LogP contribution in [0.5, 0.6) is 0 Å². The normalized spacial score (nSPS) is 18.5. The number of hydrogen-bond donors (Lipinski definition) is 2. The Hall–Kier alpha value is -1.69. The molecule has 1 fully saturated rings. The largest absolute Gasteiger partial charge is 0.398 e. The number of carbonyl (C=O) groups excluding carboxylic acids is 1. The fourth-order valence-electron chi connectivity index (χ4n) is 2.07. The van der Waals surface area contributed by atoms with E-state index in [9.17, 15) is 13.6 Å². The summed E-state index contributed by atoms with van der Waals surface area (Å²) in [5.74, 6) is -2.65. The van der Waals surface area contributed by atoms with Gasteiger partial charge in [-0.2, -0.15) is 0 Å². The van der Waals surface area contributed by atoms with Crippen LogP contribution in [0.15, 0.2) is 12.1 Å². The zero-order valence-electron chi connectivity index (χ0n) is 10.4. The van der Waals surface area contributed by atoms with Gasteiger partial charge in [-0.3, -0.25) is 4.79 Å². The van der Waals surface area contributed by atoms with Crippen molar-refractivity contribution in [3.8, 4) is 0 Å². The number of carbonyl (C=O) groups is 1. The van der Waals surface area contributed by atoms with Crippen molar-refractivity contribution in [2.75, 3.05) is 18.9 Å². The van der Waals surface area contributed by atoms with Crippen LogP contribution in [-0.4, -0.2) is 25.2 Å². The third-order valence-corrected chi connectivity index (χ3v) is 3.11. The Morgan fingerprint density at radius 1 is 1.42 bits per heavy atom.